The lowest BCUT2D eigenvalue weighted by atomic mass is 10.0. The van der Waals surface area contributed by atoms with Gasteiger partial charge in [0.15, 0.2) is 0 Å². The van der Waals surface area contributed by atoms with Gasteiger partial charge in [-0.25, -0.2) is 4.98 Å². The first-order valence-electron chi connectivity index (χ1n) is 11.2. The third kappa shape index (κ3) is 3.51. The fraction of sp³-hybridized carbons (Fsp3) is 0.500. The van der Waals surface area contributed by atoms with Gasteiger partial charge in [0.1, 0.15) is 23.4 Å². The Morgan fingerprint density at radius 2 is 2.06 bits per heavy atom. The summed E-state index contributed by atoms with van der Waals surface area (Å²) in [6.07, 6.45) is 3.75. The number of aryl methyl sites for hydroxylation is 1. The van der Waals surface area contributed by atoms with Crippen molar-refractivity contribution in [1.29, 1.82) is 0 Å². The Morgan fingerprint density at radius 1 is 1.26 bits per heavy atom. The molecule has 31 heavy (non-hydrogen) atoms. The highest BCUT2D eigenvalue weighted by atomic mass is 16.5. The van der Waals surface area contributed by atoms with Gasteiger partial charge >= 0.3 is 0 Å². The Balaban J connectivity index is 1.30. The summed E-state index contributed by atoms with van der Waals surface area (Å²) < 4.78 is 11.9. The topological polar surface area (TPSA) is 75.1 Å². The van der Waals surface area contributed by atoms with Gasteiger partial charge in [-0.15, -0.1) is 0 Å². The number of carbonyl (C=O) groups excluding carboxylic acids is 1. The molecule has 1 amide bonds. The first-order valence-corrected chi connectivity index (χ1v) is 11.2. The van der Waals surface area contributed by atoms with Gasteiger partial charge < -0.3 is 24.4 Å². The fourth-order valence-corrected chi connectivity index (χ4v) is 4.84. The van der Waals surface area contributed by atoms with Crippen molar-refractivity contribution in [3.63, 3.8) is 0 Å². The molecule has 0 bridgehead atoms. The van der Waals surface area contributed by atoms with Crippen LogP contribution in [-0.2, 0) is 12.8 Å². The summed E-state index contributed by atoms with van der Waals surface area (Å²) in [5.74, 6) is 2.69. The van der Waals surface area contributed by atoms with Crippen molar-refractivity contribution < 1.29 is 19.4 Å². The van der Waals surface area contributed by atoms with Crippen LogP contribution in [0.1, 0.15) is 53.0 Å². The quantitative estimate of drug-likeness (QED) is 0.797. The number of carbonyl (C=O) groups is 1. The summed E-state index contributed by atoms with van der Waals surface area (Å²) in [5.41, 5.74) is 3.65. The van der Waals surface area contributed by atoms with Crippen molar-refractivity contribution in [3.8, 4) is 11.5 Å². The van der Waals surface area contributed by atoms with Crippen molar-refractivity contribution in [3.05, 3.63) is 46.6 Å². The molecule has 1 atom stereocenters. The summed E-state index contributed by atoms with van der Waals surface area (Å²) in [5, 5.41) is 9.79. The Hall–Kier alpha value is -2.80. The van der Waals surface area contributed by atoms with Gasteiger partial charge in [-0.3, -0.25) is 4.79 Å². The largest absolute Gasteiger partial charge is 0.493 e. The van der Waals surface area contributed by atoms with Crippen LogP contribution in [0, 0.1) is 0 Å². The second-order valence-corrected chi connectivity index (χ2v) is 8.54. The SMILES string of the molecule is CCc1cc2c(nc1N1CCC(Oc3ccc4c(c3)OCC4)CC1)[C@@H](CO)N(C)C2=O. The van der Waals surface area contributed by atoms with Crippen LogP contribution in [0.5, 0.6) is 11.5 Å². The van der Waals surface area contributed by atoms with E-state index in [1.165, 1.54) is 5.56 Å². The first kappa shape index (κ1) is 20.1. The average molecular weight is 424 g/mol. The highest BCUT2D eigenvalue weighted by Crippen LogP contribution is 2.36. The highest BCUT2D eigenvalue weighted by Gasteiger charge is 2.37. The summed E-state index contributed by atoms with van der Waals surface area (Å²) in [7, 11) is 1.73. The third-order valence-electron chi connectivity index (χ3n) is 6.71. The van der Waals surface area contributed by atoms with Crippen LogP contribution in [0.25, 0.3) is 0 Å². The number of ether oxygens (including phenoxy) is 2. The minimum Gasteiger partial charge on any atom is -0.493 e. The van der Waals surface area contributed by atoms with Crippen LogP contribution in [0.15, 0.2) is 24.3 Å². The number of rotatable bonds is 5. The maximum atomic E-state index is 12.5. The number of nitrogens with zero attached hydrogens (tertiary/aromatic N) is 3. The van der Waals surface area contributed by atoms with E-state index in [1.54, 1.807) is 11.9 Å². The normalized spacial score (nSPS) is 20.6. The number of aromatic nitrogens is 1. The molecule has 0 saturated carbocycles. The van der Waals surface area contributed by atoms with Gasteiger partial charge in [0.25, 0.3) is 5.91 Å². The number of hydrogen-bond acceptors (Lipinski definition) is 6. The number of pyridine rings is 1. The number of piperidine rings is 1. The molecule has 0 spiro atoms. The van der Waals surface area contributed by atoms with Crippen molar-refractivity contribution in [2.75, 3.05) is 38.3 Å². The van der Waals surface area contributed by atoms with E-state index < -0.39 is 0 Å². The van der Waals surface area contributed by atoms with Gasteiger partial charge in [0.05, 0.1) is 30.5 Å². The predicted octanol–water partition coefficient (Wildman–Crippen LogP) is 2.75. The number of benzene rings is 1. The predicted molar refractivity (Wildman–Crippen MR) is 117 cm³/mol. The molecule has 3 aliphatic heterocycles. The van der Waals surface area contributed by atoms with Crippen molar-refractivity contribution in [1.82, 2.24) is 9.88 Å². The first-order chi connectivity index (χ1) is 15.1. The molecule has 7 heteroatoms. The third-order valence-corrected chi connectivity index (χ3v) is 6.71. The van der Waals surface area contributed by atoms with E-state index in [1.807, 2.05) is 18.2 Å². The van der Waals surface area contributed by atoms with Crippen LogP contribution in [0.3, 0.4) is 0 Å². The van der Waals surface area contributed by atoms with Crippen LogP contribution in [0.4, 0.5) is 5.82 Å². The van der Waals surface area contributed by atoms with Gasteiger partial charge in [-0.2, -0.15) is 0 Å². The number of amides is 1. The highest BCUT2D eigenvalue weighted by molar-refractivity contribution is 5.99. The number of likely N-dealkylation sites (N-methyl/N-ethyl adjacent to an activating group) is 1. The number of aliphatic hydroxyl groups is 1. The molecule has 1 fully saturated rings. The minimum atomic E-state index is -0.366. The molecule has 5 rings (SSSR count). The second kappa shape index (κ2) is 8.04. The van der Waals surface area contributed by atoms with Crippen LogP contribution >= 0.6 is 0 Å². The molecule has 164 valence electrons. The number of hydrogen-bond donors (Lipinski definition) is 1. The molecule has 0 radical (unpaired) electrons. The Bertz CT molecular complexity index is 1000. The summed E-state index contributed by atoms with van der Waals surface area (Å²) in [6.45, 7) is 4.42. The standard InChI is InChI=1S/C24H29N3O4/c1-3-15-12-19-22(20(14-28)26(2)24(19)29)25-23(15)27-9-6-17(7-10-27)31-18-5-4-16-8-11-30-21(16)13-18/h4-5,12-13,17,20,28H,3,6-11,14H2,1-2H3/t20-/m1/s1. The van der Waals surface area contributed by atoms with Crippen molar-refractivity contribution in [2.45, 2.75) is 44.8 Å². The van der Waals surface area contributed by atoms with E-state index in [9.17, 15) is 9.90 Å². The minimum absolute atomic E-state index is 0.0618. The molecule has 1 N–H and O–H groups in total. The lowest BCUT2D eigenvalue weighted by Gasteiger charge is -2.34. The molecule has 1 aromatic carbocycles. The van der Waals surface area contributed by atoms with Crippen LogP contribution < -0.4 is 14.4 Å². The average Bonchev–Trinajstić information content (AvgIpc) is 3.35. The monoisotopic (exact) mass is 423 g/mol. The van der Waals surface area contributed by atoms with Gasteiger partial charge in [0, 0.05) is 45.5 Å². The van der Waals surface area contributed by atoms with E-state index in [0.29, 0.717) is 11.3 Å². The Morgan fingerprint density at radius 3 is 2.81 bits per heavy atom. The van der Waals surface area contributed by atoms with E-state index in [-0.39, 0.29) is 24.7 Å². The van der Waals surface area contributed by atoms with Crippen LogP contribution in [0.2, 0.25) is 0 Å². The second-order valence-electron chi connectivity index (χ2n) is 8.54. The van der Waals surface area contributed by atoms with Gasteiger partial charge in [-0.05, 0) is 29.7 Å². The van der Waals surface area contributed by atoms with Crippen LogP contribution in [-0.4, -0.2) is 60.4 Å². The van der Waals surface area contributed by atoms with E-state index in [4.69, 9.17) is 14.5 Å². The Kier molecular flexibility index (Phi) is 5.22. The molecule has 0 unspecified atom stereocenters. The Labute approximate surface area is 182 Å². The maximum absolute atomic E-state index is 12.5. The van der Waals surface area contributed by atoms with Crippen molar-refractivity contribution >= 4 is 11.7 Å². The van der Waals surface area contributed by atoms with Crippen molar-refractivity contribution in [2.24, 2.45) is 0 Å². The summed E-state index contributed by atoms with van der Waals surface area (Å²) in [6, 6.07) is 7.76. The summed E-state index contributed by atoms with van der Waals surface area (Å²) in [4.78, 5) is 21.3. The molecular formula is C24H29N3O4. The number of anilines is 1. The molecule has 0 aliphatic carbocycles. The molecule has 4 heterocycles. The maximum Gasteiger partial charge on any atom is 0.256 e. The molecule has 2 aromatic rings. The zero-order chi connectivity index (χ0) is 21.5. The lowest BCUT2D eigenvalue weighted by molar-refractivity contribution is 0.0715. The molecular weight excluding hydrogens is 394 g/mol. The van der Waals surface area contributed by atoms with E-state index >= 15 is 0 Å². The molecule has 7 nitrogen and oxygen atoms in total. The lowest BCUT2D eigenvalue weighted by Crippen LogP contribution is -2.39. The molecule has 3 aliphatic rings. The zero-order valence-corrected chi connectivity index (χ0v) is 18.1. The fourth-order valence-electron chi connectivity index (χ4n) is 4.84. The summed E-state index contributed by atoms with van der Waals surface area (Å²) >= 11 is 0. The van der Waals surface area contributed by atoms with Gasteiger partial charge in [-0.1, -0.05) is 13.0 Å². The van der Waals surface area contributed by atoms with E-state index in [2.05, 4.69) is 17.9 Å². The van der Waals surface area contributed by atoms with Gasteiger partial charge in [0.2, 0.25) is 0 Å². The smallest absolute Gasteiger partial charge is 0.256 e. The zero-order valence-electron chi connectivity index (χ0n) is 18.1. The number of aliphatic hydroxyl groups excluding tert-OH is 1. The number of fused-ring (bicyclic) bond motifs is 2. The molecule has 1 saturated heterocycles. The molecule has 1 aromatic heterocycles. The van der Waals surface area contributed by atoms with E-state index in [0.717, 1.165) is 68.3 Å².